The first-order valence-electron chi connectivity index (χ1n) is 7.64. The van der Waals surface area contributed by atoms with Gasteiger partial charge in [0.2, 0.25) is 5.91 Å². The molecule has 2 heterocycles. The standard InChI is InChI=1S/C15H22N4O4/c1-5-10(2)18-7-6-12(20)19(15(18)23)9-11-8-13(21)17(4)14(22)16(11)3/h8,10H,5-7,9H2,1-4H3/t10-/m0/s1. The molecule has 1 aliphatic rings. The second-order valence-corrected chi connectivity index (χ2v) is 5.84. The first kappa shape index (κ1) is 17.0. The number of hydrogen-bond acceptors (Lipinski definition) is 4. The van der Waals surface area contributed by atoms with Crippen LogP contribution in [0, 0.1) is 0 Å². The highest BCUT2D eigenvalue weighted by atomic mass is 16.2. The zero-order valence-electron chi connectivity index (χ0n) is 13.9. The molecular weight excluding hydrogens is 300 g/mol. The molecule has 0 unspecified atom stereocenters. The van der Waals surface area contributed by atoms with Gasteiger partial charge in [-0.25, -0.2) is 9.59 Å². The average Bonchev–Trinajstić information content (AvgIpc) is 2.53. The van der Waals surface area contributed by atoms with E-state index < -0.39 is 11.2 Å². The molecule has 0 saturated carbocycles. The summed E-state index contributed by atoms with van der Waals surface area (Å²) in [6.45, 7) is 4.23. The molecule has 3 amide bonds. The molecule has 0 radical (unpaired) electrons. The predicted octanol–water partition coefficient (Wildman–Crippen LogP) is 0.0368. The molecule has 2 rings (SSSR count). The molecule has 0 aromatic carbocycles. The molecule has 0 N–H and O–H groups in total. The molecule has 8 nitrogen and oxygen atoms in total. The normalized spacial score (nSPS) is 16.9. The second-order valence-electron chi connectivity index (χ2n) is 5.84. The van der Waals surface area contributed by atoms with Gasteiger partial charge in [-0.05, 0) is 13.3 Å². The average molecular weight is 322 g/mol. The lowest BCUT2D eigenvalue weighted by Gasteiger charge is -2.37. The Hall–Kier alpha value is -2.38. The number of hydrogen-bond donors (Lipinski definition) is 0. The zero-order valence-corrected chi connectivity index (χ0v) is 13.9. The topological polar surface area (TPSA) is 84.6 Å². The highest BCUT2D eigenvalue weighted by molar-refractivity contribution is 5.96. The van der Waals surface area contributed by atoms with Gasteiger partial charge in [0.25, 0.3) is 5.56 Å². The molecule has 1 aromatic heterocycles. The van der Waals surface area contributed by atoms with Gasteiger partial charge < -0.3 is 4.90 Å². The second kappa shape index (κ2) is 6.39. The van der Waals surface area contributed by atoms with Gasteiger partial charge in [0.15, 0.2) is 0 Å². The van der Waals surface area contributed by atoms with Crippen LogP contribution in [0.1, 0.15) is 32.4 Å². The van der Waals surface area contributed by atoms with Gasteiger partial charge in [-0.3, -0.25) is 23.6 Å². The molecule has 1 saturated heterocycles. The van der Waals surface area contributed by atoms with Crippen LogP contribution in [-0.4, -0.2) is 43.5 Å². The summed E-state index contributed by atoms with van der Waals surface area (Å²) in [5, 5.41) is 0. The quantitative estimate of drug-likeness (QED) is 0.783. The third-order valence-corrected chi connectivity index (χ3v) is 4.41. The van der Waals surface area contributed by atoms with Crippen LogP contribution in [0.3, 0.4) is 0 Å². The van der Waals surface area contributed by atoms with E-state index in [-0.39, 0.29) is 30.9 Å². The van der Waals surface area contributed by atoms with E-state index >= 15 is 0 Å². The molecule has 126 valence electrons. The van der Waals surface area contributed by atoms with Crippen molar-refractivity contribution in [1.82, 2.24) is 18.9 Å². The molecule has 1 aromatic rings. The van der Waals surface area contributed by atoms with E-state index in [9.17, 15) is 19.2 Å². The summed E-state index contributed by atoms with van der Waals surface area (Å²) in [4.78, 5) is 51.2. The van der Waals surface area contributed by atoms with Crippen molar-refractivity contribution < 1.29 is 9.59 Å². The largest absolute Gasteiger partial charge is 0.330 e. The van der Waals surface area contributed by atoms with E-state index in [0.717, 1.165) is 15.9 Å². The molecule has 1 atom stereocenters. The number of imide groups is 1. The summed E-state index contributed by atoms with van der Waals surface area (Å²) < 4.78 is 2.26. The van der Waals surface area contributed by atoms with Crippen LogP contribution in [0.2, 0.25) is 0 Å². The maximum Gasteiger partial charge on any atom is 0.330 e. The third kappa shape index (κ3) is 3.06. The summed E-state index contributed by atoms with van der Waals surface area (Å²) in [5.74, 6) is -0.289. The van der Waals surface area contributed by atoms with E-state index in [2.05, 4.69) is 0 Å². The molecule has 8 heteroatoms. The van der Waals surface area contributed by atoms with Gasteiger partial charge >= 0.3 is 11.7 Å². The Kier molecular flexibility index (Phi) is 4.72. The van der Waals surface area contributed by atoms with Crippen molar-refractivity contribution in [3.63, 3.8) is 0 Å². The van der Waals surface area contributed by atoms with Gasteiger partial charge in [0.1, 0.15) is 0 Å². The van der Waals surface area contributed by atoms with Crippen LogP contribution < -0.4 is 11.2 Å². The maximum absolute atomic E-state index is 12.5. The highest BCUT2D eigenvalue weighted by Gasteiger charge is 2.34. The van der Waals surface area contributed by atoms with Gasteiger partial charge in [0, 0.05) is 44.9 Å². The van der Waals surface area contributed by atoms with Gasteiger partial charge in [0.05, 0.1) is 6.54 Å². The molecular formula is C15H22N4O4. The minimum absolute atomic E-state index is 0.0329. The van der Waals surface area contributed by atoms with E-state index in [1.165, 1.54) is 24.7 Å². The SMILES string of the molecule is CC[C@H](C)N1CCC(=O)N(Cc2cc(=O)n(C)c(=O)n2C)C1=O. The fraction of sp³-hybridized carbons (Fsp3) is 0.600. The number of nitrogens with zero attached hydrogens (tertiary/aromatic N) is 4. The monoisotopic (exact) mass is 322 g/mol. The molecule has 23 heavy (non-hydrogen) atoms. The van der Waals surface area contributed by atoms with Crippen molar-refractivity contribution in [1.29, 1.82) is 0 Å². The van der Waals surface area contributed by atoms with Gasteiger partial charge in [-0.15, -0.1) is 0 Å². The van der Waals surface area contributed by atoms with E-state index in [4.69, 9.17) is 0 Å². The van der Waals surface area contributed by atoms with Gasteiger partial charge in [-0.2, -0.15) is 0 Å². The number of carbonyl (C=O) groups is 2. The Morgan fingerprint density at radius 1 is 1.13 bits per heavy atom. The summed E-state index contributed by atoms with van der Waals surface area (Å²) >= 11 is 0. The van der Waals surface area contributed by atoms with E-state index in [0.29, 0.717) is 12.2 Å². The van der Waals surface area contributed by atoms with E-state index in [1.54, 1.807) is 4.90 Å². The molecule has 1 fully saturated rings. The first-order chi connectivity index (χ1) is 10.8. The summed E-state index contributed by atoms with van der Waals surface area (Å²) in [6, 6.07) is 0.943. The van der Waals surface area contributed by atoms with Crippen LogP contribution in [0.25, 0.3) is 0 Å². The number of aromatic nitrogens is 2. The lowest BCUT2D eigenvalue weighted by molar-refractivity contribution is -0.132. The Labute approximate surface area is 133 Å². The minimum atomic E-state index is -0.483. The summed E-state index contributed by atoms with van der Waals surface area (Å²) in [7, 11) is 2.90. The first-order valence-corrected chi connectivity index (χ1v) is 7.64. The van der Waals surface area contributed by atoms with E-state index in [1.807, 2.05) is 13.8 Å². The zero-order chi connectivity index (χ0) is 17.3. The molecule has 0 bridgehead atoms. The minimum Gasteiger partial charge on any atom is -0.321 e. The summed E-state index contributed by atoms with van der Waals surface area (Å²) in [5.41, 5.74) is -0.604. The number of carbonyl (C=O) groups excluding carboxylic acids is 2. The lowest BCUT2D eigenvalue weighted by Crippen LogP contribution is -2.55. The number of amides is 3. The van der Waals surface area contributed by atoms with Crippen LogP contribution in [-0.2, 0) is 25.4 Å². The van der Waals surface area contributed by atoms with Crippen molar-refractivity contribution in [3.8, 4) is 0 Å². The van der Waals surface area contributed by atoms with Crippen molar-refractivity contribution in [2.45, 2.75) is 39.3 Å². The Bertz CT molecular complexity index is 749. The lowest BCUT2D eigenvalue weighted by atomic mass is 10.1. The fourth-order valence-corrected chi connectivity index (χ4v) is 2.59. The third-order valence-electron chi connectivity index (χ3n) is 4.41. The van der Waals surface area contributed by atoms with Crippen LogP contribution in [0.4, 0.5) is 4.79 Å². The highest BCUT2D eigenvalue weighted by Crippen LogP contribution is 2.17. The predicted molar refractivity (Wildman–Crippen MR) is 83.9 cm³/mol. The van der Waals surface area contributed by atoms with Crippen molar-refractivity contribution in [3.05, 3.63) is 32.6 Å². The molecule has 0 aliphatic carbocycles. The molecule has 1 aliphatic heterocycles. The van der Waals surface area contributed by atoms with Crippen molar-refractivity contribution in [2.75, 3.05) is 6.54 Å². The Morgan fingerprint density at radius 3 is 2.39 bits per heavy atom. The summed E-state index contributed by atoms with van der Waals surface area (Å²) in [6.07, 6.45) is 1.03. The Morgan fingerprint density at radius 2 is 1.78 bits per heavy atom. The van der Waals surface area contributed by atoms with Crippen molar-refractivity contribution in [2.24, 2.45) is 14.1 Å². The van der Waals surface area contributed by atoms with Gasteiger partial charge in [-0.1, -0.05) is 6.92 Å². The number of urea groups is 1. The molecule has 0 spiro atoms. The maximum atomic E-state index is 12.5. The van der Waals surface area contributed by atoms with Crippen LogP contribution >= 0.6 is 0 Å². The number of rotatable bonds is 4. The fourth-order valence-electron chi connectivity index (χ4n) is 2.59. The van der Waals surface area contributed by atoms with Crippen LogP contribution in [0.15, 0.2) is 15.7 Å². The smallest absolute Gasteiger partial charge is 0.321 e. The van der Waals surface area contributed by atoms with Crippen molar-refractivity contribution >= 4 is 11.9 Å². The van der Waals surface area contributed by atoms with Crippen LogP contribution in [0.5, 0.6) is 0 Å². The Balaban J connectivity index is 2.35.